The van der Waals surface area contributed by atoms with Crippen molar-refractivity contribution in [2.75, 3.05) is 18.1 Å². The molecule has 0 aromatic rings. The van der Waals surface area contributed by atoms with Gasteiger partial charge in [-0.25, -0.2) is 0 Å². The normalized spacial score (nSPS) is 20.9. The van der Waals surface area contributed by atoms with E-state index in [4.69, 9.17) is 5.11 Å². The zero-order valence-corrected chi connectivity index (χ0v) is 7.21. The number of Topliss-reactive ketones (excluding diaryl/α,β-unsaturated/α-hetero) is 1. The van der Waals surface area contributed by atoms with Crippen LogP contribution in [0, 0.1) is 0 Å². The summed E-state index contributed by atoms with van der Waals surface area (Å²) in [7, 11) is 0. The molecule has 58 valence electrons. The van der Waals surface area contributed by atoms with Gasteiger partial charge in [0.15, 0.2) is 5.78 Å². The summed E-state index contributed by atoms with van der Waals surface area (Å²) in [6.07, 6.45) is 1.19. The third-order valence-corrected chi connectivity index (χ3v) is 4.24. The molecule has 0 aromatic carbocycles. The molecule has 0 spiro atoms. The molecule has 10 heavy (non-hydrogen) atoms. The minimum atomic E-state index is -0.301. The summed E-state index contributed by atoms with van der Waals surface area (Å²) in [4.78, 5) is 10.9. The van der Waals surface area contributed by atoms with E-state index in [1.807, 2.05) is 0 Å². The first kappa shape index (κ1) is 8.43. The Kier molecular flexibility index (Phi) is 3.59. The maximum atomic E-state index is 10.9. The van der Waals surface area contributed by atoms with Crippen LogP contribution in [0.2, 0.25) is 0 Å². The van der Waals surface area contributed by atoms with Crippen molar-refractivity contribution in [3.05, 3.63) is 0 Å². The van der Waals surface area contributed by atoms with Crippen molar-refractivity contribution in [3.63, 3.8) is 0 Å². The molecule has 4 heteroatoms. The Morgan fingerprint density at radius 3 is 2.60 bits per heavy atom. The van der Waals surface area contributed by atoms with Gasteiger partial charge in [-0.15, -0.1) is 23.5 Å². The molecule has 1 heterocycles. The van der Waals surface area contributed by atoms with Gasteiger partial charge in [0.05, 0.1) is 0 Å². The van der Waals surface area contributed by atoms with Crippen LogP contribution in [-0.4, -0.2) is 33.6 Å². The summed E-state index contributed by atoms with van der Waals surface area (Å²) >= 11 is 3.30. The number of carbonyl (C=O) groups excluding carboxylic acids is 1. The predicted molar refractivity (Wildman–Crippen MR) is 45.4 cm³/mol. The van der Waals surface area contributed by atoms with Crippen molar-refractivity contribution in [1.29, 1.82) is 0 Å². The lowest BCUT2D eigenvalue weighted by Crippen LogP contribution is -2.20. The van der Waals surface area contributed by atoms with Crippen LogP contribution in [0.4, 0.5) is 0 Å². The van der Waals surface area contributed by atoms with Gasteiger partial charge in [0.1, 0.15) is 11.2 Å². The smallest absolute Gasteiger partial charge is 0.181 e. The average Bonchev–Trinajstić information content (AvgIpc) is 2.05. The van der Waals surface area contributed by atoms with Gasteiger partial charge in [0.25, 0.3) is 0 Å². The van der Waals surface area contributed by atoms with E-state index in [0.717, 1.165) is 11.5 Å². The molecule has 0 amide bonds. The van der Waals surface area contributed by atoms with Crippen LogP contribution in [-0.2, 0) is 4.79 Å². The first-order chi connectivity index (χ1) is 4.84. The second-order valence-corrected chi connectivity index (χ2v) is 4.78. The molecule has 0 radical (unpaired) electrons. The lowest BCUT2D eigenvalue weighted by atomic mass is 10.5. The van der Waals surface area contributed by atoms with E-state index in [1.165, 1.54) is 6.42 Å². The number of ketones is 1. The fraction of sp³-hybridized carbons (Fsp3) is 0.833. The molecule has 1 N–H and O–H groups in total. The van der Waals surface area contributed by atoms with Crippen molar-refractivity contribution in [2.45, 2.75) is 11.0 Å². The number of hydrogen-bond acceptors (Lipinski definition) is 4. The number of rotatable bonds is 2. The molecule has 1 aliphatic heterocycles. The van der Waals surface area contributed by atoms with Gasteiger partial charge < -0.3 is 5.11 Å². The molecular formula is C6H10O2S2. The van der Waals surface area contributed by atoms with Crippen LogP contribution in [0.5, 0.6) is 0 Å². The van der Waals surface area contributed by atoms with E-state index < -0.39 is 0 Å². The molecule has 0 atom stereocenters. The van der Waals surface area contributed by atoms with Crippen LogP contribution >= 0.6 is 23.5 Å². The largest absolute Gasteiger partial charge is 0.389 e. The molecule has 0 aromatic heterocycles. The maximum Gasteiger partial charge on any atom is 0.181 e. The average molecular weight is 178 g/mol. The molecular weight excluding hydrogens is 168 g/mol. The second-order valence-electron chi connectivity index (χ2n) is 2.05. The fourth-order valence-corrected chi connectivity index (χ4v) is 3.46. The molecule has 0 bridgehead atoms. The number of thioether (sulfide) groups is 2. The molecule has 0 aliphatic carbocycles. The van der Waals surface area contributed by atoms with Crippen molar-refractivity contribution in [1.82, 2.24) is 0 Å². The van der Waals surface area contributed by atoms with E-state index in [9.17, 15) is 4.79 Å². The molecule has 0 saturated carbocycles. The topological polar surface area (TPSA) is 37.3 Å². The Morgan fingerprint density at radius 2 is 2.10 bits per heavy atom. The highest BCUT2D eigenvalue weighted by atomic mass is 32.2. The van der Waals surface area contributed by atoms with Gasteiger partial charge >= 0.3 is 0 Å². The minimum absolute atomic E-state index is 0.0127. The molecule has 2 nitrogen and oxygen atoms in total. The SMILES string of the molecule is O=C(CO)C1SCCCS1. The van der Waals surface area contributed by atoms with Gasteiger partial charge in [-0.3, -0.25) is 4.79 Å². The summed E-state index contributed by atoms with van der Waals surface area (Å²) in [5.41, 5.74) is 0. The monoisotopic (exact) mass is 178 g/mol. The minimum Gasteiger partial charge on any atom is -0.389 e. The number of carbonyl (C=O) groups is 1. The highest BCUT2D eigenvalue weighted by Gasteiger charge is 2.20. The molecule has 1 rings (SSSR count). The molecule has 1 saturated heterocycles. The fourth-order valence-electron chi connectivity index (χ4n) is 0.748. The van der Waals surface area contributed by atoms with Gasteiger partial charge in [-0.2, -0.15) is 0 Å². The van der Waals surface area contributed by atoms with Crippen LogP contribution in [0.1, 0.15) is 6.42 Å². The Balaban J connectivity index is 2.31. The van der Waals surface area contributed by atoms with Crippen LogP contribution in [0.15, 0.2) is 0 Å². The molecule has 1 fully saturated rings. The highest BCUT2D eigenvalue weighted by Crippen LogP contribution is 2.30. The Hall–Kier alpha value is 0.330. The van der Waals surface area contributed by atoms with E-state index in [1.54, 1.807) is 23.5 Å². The van der Waals surface area contributed by atoms with Gasteiger partial charge in [0, 0.05) is 0 Å². The van der Waals surface area contributed by atoms with E-state index in [-0.39, 0.29) is 17.0 Å². The van der Waals surface area contributed by atoms with E-state index in [0.29, 0.717) is 0 Å². The summed E-state index contributed by atoms with van der Waals surface area (Å²) in [5, 5.41) is 8.51. The summed E-state index contributed by atoms with van der Waals surface area (Å²) < 4.78 is 0.0127. The van der Waals surface area contributed by atoms with Crippen LogP contribution in [0.3, 0.4) is 0 Å². The highest BCUT2D eigenvalue weighted by molar-refractivity contribution is 8.18. The van der Waals surface area contributed by atoms with Crippen LogP contribution < -0.4 is 0 Å². The summed E-state index contributed by atoms with van der Waals surface area (Å²) in [6, 6.07) is 0. The van der Waals surface area contributed by atoms with E-state index >= 15 is 0 Å². The number of hydrogen-bond donors (Lipinski definition) is 1. The quantitative estimate of drug-likeness (QED) is 0.677. The summed E-state index contributed by atoms with van der Waals surface area (Å²) in [5.74, 6) is 2.09. The van der Waals surface area contributed by atoms with Crippen molar-refractivity contribution >= 4 is 29.3 Å². The van der Waals surface area contributed by atoms with Crippen molar-refractivity contribution in [2.24, 2.45) is 0 Å². The molecule has 1 aliphatic rings. The predicted octanol–water partition coefficient (Wildman–Crippen LogP) is 0.744. The van der Waals surface area contributed by atoms with Gasteiger partial charge in [0.2, 0.25) is 0 Å². The zero-order valence-electron chi connectivity index (χ0n) is 5.58. The van der Waals surface area contributed by atoms with Crippen LogP contribution in [0.25, 0.3) is 0 Å². The number of aliphatic hydroxyl groups is 1. The first-order valence-corrected chi connectivity index (χ1v) is 5.31. The Bertz CT molecular complexity index is 121. The second kappa shape index (κ2) is 4.26. The number of aliphatic hydroxyl groups excluding tert-OH is 1. The third-order valence-electron chi connectivity index (χ3n) is 1.25. The first-order valence-electron chi connectivity index (χ1n) is 3.21. The third kappa shape index (κ3) is 2.18. The lowest BCUT2D eigenvalue weighted by molar-refractivity contribution is -0.119. The zero-order chi connectivity index (χ0) is 7.40. The molecule has 0 unspecified atom stereocenters. The van der Waals surface area contributed by atoms with Crippen molar-refractivity contribution in [3.8, 4) is 0 Å². The maximum absolute atomic E-state index is 10.9. The van der Waals surface area contributed by atoms with Gasteiger partial charge in [-0.05, 0) is 17.9 Å². The Labute approximate surface area is 68.8 Å². The Morgan fingerprint density at radius 1 is 1.50 bits per heavy atom. The van der Waals surface area contributed by atoms with Crippen molar-refractivity contribution < 1.29 is 9.90 Å². The standard InChI is InChI=1S/C6H10O2S2/c7-4-5(8)6-9-2-1-3-10-6/h6-7H,1-4H2. The summed E-state index contributed by atoms with van der Waals surface area (Å²) in [6.45, 7) is -0.301. The lowest BCUT2D eigenvalue weighted by Gasteiger charge is -2.18. The van der Waals surface area contributed by atoms with Gasteiger partial charge in [-0.1, -0.05) is 0 Å². The van der Waals surface area contributed by atoms with E-state index in [2.05, 4.69) is 0 Å².